The Hall–Kier alpha value is -2.10. The van der Waals surface area contributed by atoms with Crippen molar-refractivity contribution in [2.24, 2.45) is 0 Å². The summed E-state index contributed by atoms with van der Waals surface area (Å²) < 4.78 is 2.20. The van der Waals surface area contributed by atoms with E-state index in [1.165, 1.54) is 0 Å². The largest absolute Gasteiger partial charge is 0.341 e. The predicted octanol–water partition coefficient (Wildman–Crippen LogP) is 3.59. The Balaban J connectivity index is 1.78. The van der Waals surface area contributed by atoms with E-state index in [-0.39, 0.29) is 5.91 Å². The van der Waals surface area contributed by atoms with Crippen molar-refractivity contribution in [3.05, 3.63) is 54.1 Å². The lowest BCUT2D eigenvalue weighted by Gasteiger charge is -2.37. The molecule has 1 saturated heterocycles. The first-order chi connectivity index (χ1) is 11.5. The number of rotatable bonds is 4. The number of carbonyl (C=O) groups is 1. The van der Waals surface area contributed by atoms with Gasteiger partial charge >= 0.3 is 0 Å². The van der Waals surface area contributed by atoms with Crippen LogP contribution in [0.15, 0.2) is 42.7 Å². The second kappa shape index (κ2) is 6.80. The first kappa shape index (κ1) is 16.7. The van der Waals surface area contributed by atoms with Gasteiger partial charge < -0.3 is 9.47 Å². The molecule has 1 aliphatic rings. The highest BCUT2D eigenvalue weighted by atomic mass is 16.2. The molecule has 0 saturated carbocycles. The highest BCUT2D eigenvalue weighted by Crippen LogP contribution is 2.31. The zero-order chi connectivity index (χ0) is 17.2. The zero-order valence-corrected chi connectivity index (χ0v) is 14.9. The van der Waals surface area contributed by atoms with Gasteiger partial charge in [-0.2, -0.15) is 0 Å². The molecule has 2 heterocycles. The number of aryl methyl sites for hydroxylation is 1. The fraction of sp³-hybridized carbons (Fsp3) is 0.500. The number of hydrogen-bond donors (Lipinski definition) is 0. The number of amides is 1. The molecule has 1 aromatic heterocycles. The Bertz CT molecular complexity index is 690. The number of piperidine rings is 1. The number of hydrogen-bond acceptors (Lipinski definition) is 2. The molecule has 3 rings (SSSR count). The summed E-state index contributed by atoms with van der Waals surface area (Å²) in [6.45, 7) is 8.73. The first-order valence-electron chi connectivity index (χ1n) is 8.90. The number of benzene rings is 1. The van der Waals surface area contributed by atoms with Crippen molar-refractivity contribution in [1.29, 1.82) is 0 Å². The van der Waals surface area contributed by atoms with Gasteiger partial charge in [-0.3, -0.25) is 4.79 Å². The molecule has 4 heteroatoms. The Kier molecular flexibility index (Phi) is 4.74. The summed E-state index contributed by atoms with van der Waals surface area (Å²) in [5.41, 5.74) is 0.579. The van der Waals surface area contributed by atoms with Gasteiger partial charge in [-0.1, -0.05) is 30.3 Å². The predicted molar refractivity (Wildman–Crippen MR) is 95.9 cm³/mol. The molecule has 0 bridgehead atoms. The molecule has 1 unspecified atom stereocenters. The van der Waals surface area contributed by atoms with Gasteiger partial charge in [0.25, 0.3) is 0 Å². The topological polar surface area (TPSA) is 38.1 Å². The van der Waals surface area contributed by atoms with Crippen LogP contribution in [0, 0.1) is 0 Å². The quantitative estimate of drug-likeness (QED) is 0.861. The SMILES string of the molecule is CCn1ccnc1C1CCCN(C(=O)C(C)(C)c2ccccc2)C1. The normalized spacial score (nSPS) is 18.6. The van der Waals surface area contributed by atoms with Gasteiger partial charge in [0, 0.05) is 37.9 Å². The van der Waals surface area contributed by atoms with Gasteiger partial charge in [0.05, 0.1) is 5.41 Å². The third-order valence-corrected chi connectivity index (χ3v) is 5.19. The summed E-state index contributed by atoms with van der Waals surface area (Å²) in [6, 6.07) is 10.1. The van der Waals surface area contributed by atoms with E-state index < -0.39 is 5.41 Å². The second-order valence-corrected chi connectivity index (χ2v) is 7.15. The molecule has 1 atom stereocenters. The number of likely N-dealkylation sites (tertiary alicyclic amines) is 1. The van der Waals surface area contributed by atoms with Gasteiger partial charge in [-0.25, -0.2) is 4.98 Å². The summed E-state index contributed by atoms with van der Waals surface area (Å²) >= 11 is 0. The summed E-state index contributed by atoms with van der Waals surface area (Å²) in [5.74, 6) is 1.67. The molecule has 1 amide bonds. The summed E-state index contributed by atoms with van der Waals surface area (Å²) in [6.07, 6.45) is 6.04. The molecule has 1 aliphatic heterocycles. The summed E-state index contributed by atoms with van der Waals surface area (Å²) in [7, 11) is 0. The van der Waals surface area contributed by atoms with E-state index in [0.29, 0.717) is 5.92 Å². The third-order valence-electron chi connectivity index (χ3n) is 5.19. The standard InChI is InChI=1S/C20H27N3O/c1-4-22-14-12-21-18(22)16-9-8-13-23(15-16)19(24)20(2,3)17-10-6-5-7-11-17/h5-7,10-12,14,16H,4,8-9,13,15H2,1-3H3. The lowest BCUT2D eigenvalue weighted by atomic mass is 9.82. The van der Waals surface area contributed by atoms with Crippen LogP contribution in [0.1, 0.15) is 50.9 Å². The van der Waals surface area contributed by atoms with Crippen molar-refractivity contribution in [3.63, 3.8) is 0 Å². The van der Waals surface area contributed by atoms with Crippen LogP contribution in [0.2, 0.25) is 0 Å². The van der Waals surface area contributed by atoms with Crippen LogP contribution >= 0.6 is 0 Å². The van der Waals surface area contributed by atoms with Crippen LogP contribution in [0.3, 0.4) is 0 Å². The monoisotopic (exact) mass is 325 g/mol. The minimum Gasteiger partial charge on any atom is -0.341 e. The van der Waals surface area contributed by atoms with E-state index in [0.717, 1.165) is 43.9 Å². The van der Waals surface area contributed by atoms with Crippen LogP contribution < -0.4 is 0 Å². The fourth-order valence-electron chi connectivity index (χ4n) is 3.69. The average molecular weight is 325 g/mol. The summed E-state index contributed by atoms with van der Waals surface area (Å²) in [4.78, 5) is 19.8. The molecule has 1 fully saturated rings. The molecule has 0 radical (unpaired) electrons. The van der Waals surface area contributed by atoms with Crippen LogP contribution in [-0.2, 0) is 16.8 Å². The Morgan fingerprint density at radius 3 is 2.75 bits per heavy atom. The van der Waals surface area contributed by atoms with E-state index in [1.54, 1.807) is 0 Å². The molecule has 0 N–H and O–H groups in total. The summed E-state index contributed by atoms with van der Waals surface area (Å²) in [5, 5.41) is 0. The van der Waals surface area contributed by atoms with Gasteiger partial charge in [0.15, 0.2) is 0 Å². The number of aromatic nitrogens is 2. The van der Waals surface area contributed by atoms with Crippen molar-refractivity contribution < 1.29 is 4.79 Å². The Morgan fingerprint density at radius 2 is 2.04 bits per heavy atom. The molecule has 2 aromatic rings. The minimum atomic E-state index is -0.497. The maximum atomic E-state index is 13.2. The zero-order valence-electron chi connectivity index (χ0n) is 14.9. The van der Waals surface area contributed by atoms with Crippen LogP contribution in [-0.4, -0.2) is 33.4 Å². The van der Waals surface area contributed by atoms with Crippen molar-refractivity contribution >= 4 is 5.91 Å². The highest BCUT2D eigenvalue weighted by Gasteiger charge is 2.36. The van der Waals surface area contributed by atoms with Crippen LogP contribution in [0.4, 0.5) is 0 Å². The van der Waals surface area contributed by atoms with Gasteiger partial charge in [0.1, 0.15) is 5.82 Å². The van der Waals surface area contributed by atoms with Crippen molar-refractivity contribution in [3.8, 4) is 0 Å². The van der Waals surface area contributed by atoms with Gasteiger partial charge in [-0.15, -0.1) is 0 Å². The third kappa shape index (κ3) is 3.10. The highest BCUT2D eigenvalue weighted by molar-refractivity contribution is 5.87. The lowest BCUT2D eigenvalue weighted by molar-refractivity contribution is -0.137. The Morgan fingerprint density at radius 1 is 1.29 bits per heavy atom. The minimum absolute atomic E-state index is 0.216. The fourth-order valence-corrected chi connectivity index (χ4v) is 3.69. The lowest BCUT2D eigenvalue weighted by Crippen LogP contribution is -2.47. The van der Waals surface area contributed by atoms with Crippen LogP contribution in [0.5, 0.6) is 0 Å². The van der Waals surface area contributed by atoms with E-state index in [1.807, 2.05) is 61.5 Å². The Labute approximate surface area is 144 Å². The number of nitrogens with zero attached hydrogens (tertiary/aromatic N) is 3. The number of imidazole rings is 1. The molecular formula is C20H27N3O. The molecule has 1 aromatic carbocycles. The molecule has 4 nitrogen and oxygen atoms in total. The molecule has 0 spiro atoms. The smallest absolute Gasteiger partial charge is 0.232 e. The molecule has 128 valence electrons. The van der Waals surface area contributed by atoms with Gasteiger partial charge in [0.2, 0.25) is 5.91 Å². The van der Waals surface area contributed by atoms with Crippen molar-refractivity contribution in [1.82, 2.24) is 14.5 Å². The molecular weight excluding hydrogens is 298 g/mol. The van der Waals surface area contributed by atoms with Gasteiger partial charge in [-0.05, 0) is 39.2 Å². The van der Waals surface area contributed by atoms with E-state index in [4.69, 9.17) is 0 Å². The van der Waals surface area contributed by atoms with E-state index in [2.05, 4.69) is 16.5 Å². The number of carbonyl (C=O) groups excluding carboxylic acids is 1. The van der Waals surface area contributed by atoms with E-state index in [9.17, 15) is 4.79 Å². The maximum absolute atomic E-state index is 13.2. The molecule has 24 heavy (non-hydrogen) atoms. The molecule has 0 aliphatic carbocycles. The van der Waals surface area contributed by atoms with Crippen molar-refractivity contribution in [2.75, 3.05) is 13.1 Å². The van der Waals surface area contributed by atoms with E-state index >= 15 is 0 Å². The van der Waals surface area contributed by atoms with Crippen LogP contribution in [0.25, 0.3) is 0 Å². The maximum Gasteiger partial charge on any atom is 0.232 e. The average Bonchev–Trinajstić information content (AvgIpc) is 3.10. The van der Waals surface area contributed by atoms with Crippen molar-refractivity contribution in [2.45, 2.75) is 51.5 Å². The second-order valence-electron chi connectivity index (χ2n) is 7.15. The first-order valence-corrected chi connectivity index (χ1v) is 8.90.